The van der Waals surface area contributed by atoms with Gasteiger partial charge in [-0.1, -0.05) is 60.7 Å². The van der Waals surface area contributed by atoms with Gasteiger partial charge in [-0.2, -0.15) is 0 Å². The smallest absolute Gasteiger partial charge is 0.406 e. The molecule has 0 unspecified atom stereocenters. The van der Waals surface area contributed by atoms with E-state index in [1.165, 1.54) is 12.1 Å². The monoisotopic (exact) mass is 415 g/mol. The van der Waals surface area contributed by atoms with Crippen LogP contribution in [0.3, 0.4) is 0 Å². The first kappa shape index (κ1) is 21.4. The number of nitrogens with one attached hydrogen (secondary N) is 1. The number of carbonyl (C=O) groups is 1. The van der Waals surface area contributed by atoms with Gasteiger partial charge in [0.25, 0.3) is 5.91 Å². The second kappa shape index (κ2) is 9.45. The van der Waals surface area contributed by atoms with E-state index in [1.54, 1.807) is 6.92 Å². The van der Waals surface area contributed by atoms with Crippen molar-refractivity contribution in [2.24, 2.45) is 0 Å². The van der Waals surface area contributed by atoms with E-state index in [0.29, 0.717) is 5.69 Å². The van der Waals surface area contributed by atoms with Gasteiger partial charge in [0.15, 0.2) is 6.04 Å². The summed E-state index contributed by atoms with van der Waals surface area (Å²) in [5.74, 6) is -0.593. The lowest BCUT2D eigenvalue weighted by atomic mass is 9.98. The molecule has 3 rings (SSSR count). The van der Waals surface area contributed by atoms with Crippen LogP contribution >= 0.6 is 0 Å². The van der Waals surface area contributed by atoms with Crippen molar-refractivity contribution in [1.82, 2.24) is 0 Å². The van der Waals surface area contributed by atoms with Crippen LogP contribution in [0.1, 0.15) is 24.1 Å². The lowest BCUT2D eigenvalue weighted by molar-refractivity contribution is -0.704. The third-order valence-corrected chi connectivity index (χ3v) is 4.57. The molecule has 1 amide bonds. The average molecular weight is 415 g/mol. The molecular weight excluding hydrogens is 393 g/mol. The van der Waals surface area contributed by atoms with Crippen LogP contribution in [0.2, 0.25) is 0 Å². The summed E-state index contributed by atoms with van der Waals surface area (Å²) in [4.78, 5) is 12.7. The minimum absolute atomic E-state index is 0.0734. The number of rotatable bonds is 7. The third kappa shape index (κ3) is 6.09. The lowest BCUT2D eigenvalue weighted by Crippen LogP contribution is -2.92. The molecule has 7 heteroatoms. The Morgan fingerprint density at radius 2 is 1.37 bits per heavy atom. The van der Waals surface area contributed by atoms with Gasteiger partial charge in [0.05, 0.1) is 0 Å². The highest BCUT2D eigenvalue weighted by atomic mass is 19.4. The van der Waals surface area contributed by atoms with Crippen LogP contribution in [-0.4, -0.2) is 18.3 Å². The largest absolute Gasteiger partial charge is 0.573 e. The van der Waals surface area contributed by atoms with E-state index in [4.69, 9.17) is 0 Å². The quantitative estimate of drug-likeness (QED) is 0.606. The van der Waals surface area contributed by atoms with Crippen LogP contribution in [0.25, 0.3) is 0 Å². The Kier molecular flexibility index (Phi) is 6.74. The van der Waals surface area contributed by atoms with E-state index in [0.717, 1.165) is 23.3 Å². The second-order valence-electron chi connectivity index (χ2n) is 6.84. The summed E-state index contributed by atoms with van der Waals surface area (Å²) in [5.41, 5.74) is 2.53. The van der Waals surface area contributed by atoms with Gasteiger partial charge in [-0.25, -0.2) is 0 Å². The molecular formula is C23H22F3N2O2+. The SMILES string of the molecule is C[C@H]([NH2+]C(c1ccccc1)c1ccccc1)C(=O)Nc1ccc(OC(F)(F)F)cc1. The Balaban J connectivity index is 1.68. The van der Waals surface area contributed by atoms with E-state index >= 15 is 0 Å². The molecule has 1 atom stereocenters. The van der Waals surface area contributed by atoms with Crippen LogP contribution in [-0.2, 0) is 4.79 Å². The molecule has 156 valence electrons. The number of quaternary nitrogens is 1. The van der Waals surface area contributed by atoms with Gasteiger partial charge in [0.1, 0.15) is 11.8 Å². The van der Waals surface area contributed by atoms with E-state index in [-0.39, 0.29) is 17.7 Å². The summed E-state index contributed by atoms with van der Waals surface area (Å²) in [6.07, 6.45) is -4.75. The highest BCUT2D eigenvalue weighted by Gasteiger charge is 2.31. The maximum atomic E-state index is 12.7. The molecule has 0 saturated carbocycles. The molecule has 0 saturated heterocycles. The first-order valence-corrected chi connectivity index (χ1v) is 9.43. The molecule has 30 heavy (non-hydrogen) atoms. The van der Waals surface area contributed by atoms with Crippen molar-refractivity contribution in [2.75, 3.05) is 5.32 Å². The second-order valence-corrected chi connectivity index (χ2v) is 6.84. The number of hydrogen-bond donors (Lipinski definition) is 2. The van der Waals surface area contributed by atoms with E-state index in [2.05, 4.69) is 10.1 Å². The molecule has 0 fully saturated rings. The predicted molar refractivity (Wildman–Crippen MR) is 108 cm³/mol. The number of alkyl halides is 3. The fourth-order valence-corrected chi connectivity index (χ4v) is 3.11. The maximum Gasteiger partial charge on any atom is 0.573 e. The van der Waals surface area contributed by atoms with Crippen molar-refractivity contribution in [2.45, 2.75) is 25.4 Å². The topological polar surface area (TPSA) is 54.9 Å². The Hall–Kier alpha value is -3.32. The van der Waals surface area contributed by atoms with Crippen LogP contribution in [0.15, 0.2) is 84.9 Å². The van der Waals surface area contributed by atoms with E-state index in [1.807, 2.05) is 66.0 Å². The molecule has 0 radical (unpaired) electrons. The Morgan fingerprint density at radius 3 is 1.83 bits per heavy atom. The number of halogens is 3. The van der Waals surface area contributed by atoms with Gasteiger partial charge in [0.2, 0.25) is 0 Å². The summed E-state index contributed by atoms with van der Waals surface area (Å²) in [6.45, 7) is 1.79. The molecule has 4 nitrogen and oxygen atoms in total. The number of carbonyl (C=O) groups excluding carboxylic acids is 1. The zero-order valence-electron chi connectivity index (χ0n) is 16.3. The first-order chi connectivity index (χ1) is 14.3. The Labute approximate surface area is 172 Å². The van der Waals surface area contributed by atoms with Crippen molar-refractivity contribution < 1.29 is 28.0 Å². The summed E-state index contributed by atoms with van der Waals surface area (Å²) < 4.78 is 40.6. The van der Waals surface area contributed by atoms with Gasteiger partial charge < -0.3 is 15.4 Å². The number of hydrogen-bond acceptors (Lipinski definition) is 2. The molecule has 0 aromatic heterocycles. The molecule has 0 heterocycles. The van der Waals surface area contributed by atoms with Gasteiger partial charge in [0, 0.05) is 16.8 Å². The van der Waals surface area contributed by atoms with Crippen LogP contribution in [0, 0.1) is 0 Å². The number of anilines is 1. The fraction of sp³-hybridized carbons (Fsp3) is 0.174. The number of nitrogens with two attached hydrogens (primary N) is 1. The van der Waals surface area contributed by atoms with E-state index < -0.39 is 12.4 Å². The summed E-state index contributed by atoms with van der Waals surface area (Å²) in [7, 11) is 0. The minimum atomic E-state index is -4.75. The highest BCUT2D eigenvalue weighted by Crippen LogP contribution is 2.24. The average Bonchev–Trinajstić information content (AvgIpc) is 2.73. The molecule has 0 spiro atoms. The van der Waals surface area contributed by atoms with Gasteiger partial charge in [-0.05, 0) is 31.2 Å². The van der Waals surface area contributed by atoms with Gasteiger partial charge >= 0.3 is 6.36 Å². The molecule has 0 aliphatic carbocycles. The van der Waals surface area contributed by atoms with Crippen molar-refractivity contribution in [3.63, 3.8) is 0 Å². The van der Waals surface area contributed by atoms with Crippen LogP contribution in [0.4, 0.5) is 18.9 Å². The Bertz CT molecular complexity index is 906. The van der Waals surface area contributed by atoms with Gasteiger partial charge in [-0.3, -0.25) is 4.79 Å². The fourth-order valence-electron chi connectivity index (χ4n) is 3.11. The zero-order valence-corrected chi connectivity index (χ0v) is 16.3. The van der Waals surface area contributed by atoms with Crippen LogP contribution in [0.5, 0.6) is 5.75 Å². The standard InChI is InChI=1S/C23H21F3N2O2/c1-16(22(29)28-19-12-14-20(15-13-19)30-23(24,25)26)27-21(17-8-4-2-5-9-17)18-10-6-3-7-11-18/h2-16,21,27H,1H3,(H,28,29)/p+1/t16-/m0/s1. The molecule has 0 bridgehead atoms. The molecule has 3 aromatic rings. The van der Waals surface area contributed by atoms with Crippen molar-refractivity contribution in [3.8, 4) is 5.75 Å². The molecule has 3 N–H and O–H groups in total. The highest BCUT2D eigenvalue weighted by molar-refractivity contribution is 5.93. The normalized spacial score (nSPS) is 12.4. The zero-order chi connectivity index (χ0) is 21.6. The summed E-state index contributed by atoms with van der Waals surface area (Å²) in [5, 5.41) is 4.69. The predicted octanol–water partition coefficient (Wildman–Crippen LogP) is 4.27. The number of amides is 1. The maximum absolute atomic E-state index is 12.7. The molecule has 0 aliphatic heterocycles. The van der Waals surface area contributed by atoms with Crippen LogP contribution < -0.4 is 15.4 Å². The van der Waals surface area contributed by atoms with Crippen molar-refractivity contribution >= 4 is 11.6 Å². The molecule has 0 aliphatic rings. The van der Waals surface area contributed by atoms with E-state index in [9.17, 15) is 18.0 Å². The van der Waals surface area contributed by atoms with Crippen molar-refractivity contribution in [1.29, 1.82) is 0 Å². The molecule has 3 aromatic carbocycles. The first-order valence-electron chi connectivity index (χ1n) is 9.43. The number of ether oxygens (including phenoxy) is 1. The number of benzene rings is 3. The minimum Gasteiger partial charge on any atom is -0.406 e. The van der Waals surface area contributed by atoms with Gasteiger partial charge in [-0.15, -0.1) is 13.2 Å². The Morgan fingerprint density at radius 1 is 0.867 bits per heavy atom. The summed E-state index contributed by atoms with van der Waals surface area (Å²) in [6, 6.07) is 24.3. The van der Waals surface area contributed by atoms with Crippen molar-refractivity contribution in [3.05, 3.63) is 96.1 Å². The lowest BCUT2D eigenvalue weighted by Gasteiger charge is -2.21. The third-order valence-electron chi connectivity index (χ3n) is 4.57. The summed E-state index contributed by atoms with van der Waals surface area (Å²) >= 11 is 0.